The van der Waals surface area contributed by atoms with E-state index in [0.29, 0.717) is 10.8 Å². The van der Waals surface area contributed by atoms with Crippen molar-refractivity contribution in [3.05, 3.63) is 87.6 Å². The van der Waals surface area contributed by atoms with Gasteiger partial charge in [-0.1, -0.05) is 50.2 Å². The van der Waals surface area contributed by atoms with Crippen molar-refractivity contribution < 1.29 is 4.79 Å². The molecule has 5 rings (SSSR count). The Labute approximate surface area is 192 Å². The van der Waals surface area contributed by atoms with Gasteiger partial charge in [0.15, 0.2) is 5.69 Å². The molecule has 0 radical (unpaired) electrons. The lowest BCUT2D eigenvalue weighted by molar-refractivity contribution is 0.0914. The molecule has 7 nitrogen and oxygen atoms in total. The summed E-state index contributed by atoms with van der Waals surface area (Å²) in [5, 5.41) is 13.2. The van der Waals surface area contributed by atoms with E-state index in [-0.39, 0.29) is 28.6 Å². The number of fused-ring (bicyclic) bond motifs is 2. The van der Waals surface area contributed by atoms with Crippen molar-refractivity contribution in [2.75, 3.05) is 0 Å². The van der Waals surface area contributed by atoms with Crippen molar-refractivity contribution >= 4 is 16.7 Å². The van der Waals surface area contributed by atoms with Gasteiger partial charge in [0, 0.05) is 18.0 Å². The molecule has 2 aromatic heterocycles. The number of aryl methyl sites for hydroxylation is 2. The fourth-order valence-electron chi connectivity index (χ4n) is 4.87. The van der Waals surface area contributed by atoms with E-state index in [1.807, 2.05) is 29.1 Å². The van der Waals surface area contributed by atoms with Crippen LogP contribution in [-0.4, -0.2) is 25.5 Å². The van der Waals surface area contributed by atoms with Crippen LogP contribution in [0, 0.1) is 12.3 Å². The largest absolute Gasteiger partial charge is 0.344 e. The number of nitrogens with one attached hydrogen (secondary N) is 1. The zero-order valence-corrected chi connectivity index (χ0v) is 19.3. The lowest BCUT2D eigenvalue weighted by Gasteiger charge is -2.36. The van der Waals surface area contributed by atoms with E-state index in [1.54, 1.807) is 25.2 Å². The number of hydrogen-bond donors (Lipinski definition) is 1. The fraction of sp³-hybridized carbons (Fsp3) is 0.308. The first kappa shape index (κ1) is 21.1. The highest BCUT2D eigenvalue weighted by Crippen LogP contribution is 2.41. The molecule has 4 aromatic rings. The van der Waals surface area contributed by atoms with Crippen molar-refractivity contribution in [1.29, 1.82) is 0 Å². The molecule has 2 aromatic carbocycles. The normalized spacial score (nSPS) is 17.0. The molecular weight excluding hydrogens is 414 g/mol. The van der Waals surface area contributed by atoms with Gasteiger partial charge in [0.2, 0.25) is 0 Å². The molecule has 2 heterocycles. The van der Waals surface area contributed by atoms with E-state index in [0.717, 1.165) is 35.3 Å². The van der Waals surface area contributed by atoms with Crippen LogP contribution in [0.25, 0.3) is 16.5 Å². The zero-order valence-electron chi connectivity index (χ0n) is 19.3. The summed E-state index contributed by atoms with van der Waals surface area (Å²) in [4.78, 5) is 25.9. The second-order valence-corrected chi connectivity index (χ2v) is 9.64. The first-order chi connectivity index (χ1) is 15.7. The minimum atomic E-state index is -0.293. The van der Waals surface area contributed by atoms with Crippen LogP contribution in [0.2, 0.25) is 0 Å². The maximum Gasteiger partial charge on any atom is 0.274 e. The van der Waals surface area contributed by atoms with Gasteiger partial charge in [-0.05, 0) is 42.9 Å². The maximum atomic E-state index is 13.4. The molecule has 0 bridgehead atoms. The number of carbonyl (C=O) groups excluding carboxylic acids is 1. The molecule has 1 aliphatic rings. The first-order valence-electron chi connectivity index (χ1n) is 11.1. The van der Waals surface area contributed by atoms with Crippen LogP contribution in [0.1, 0.15) is 53.6 Å². The molecule has 0 saturated carbocycles. The minimum Gasteiger partial charge on any atom is -0.344 e. The molecule has 7 heteroatoms. The minimum absolute atomic E-state index is 0.0234. The van der Waals surface area contributed by atoms with E-state index in [4.69, 9.17) is 5.10 Å². The topological polar surface area (TPSA) is 81.8 Å². The van der Waals surface area contributed by atoms with Gasteiger partial charge < -0.3 is 5.32 Å². The van der Waals surface area contributed by atoms with E-state index in [1.165, 1.54) is 4.68 Å². The summed E-state index contributed by atoms with van der Waals surface area (Å²) in [6, 6.07) is 15.1. The molecule has 0 saturated heterocycles. The Hall–Kier alpha value is -3.74. The Balaban J connectivity index is 1.56. The SMILES string of the molecule is Cc1ccccc1-n1ncc2c1CC(C)(C)C[C@@H]2NC(=O)c1nn(C)c(=O)c2ccccc12. The molecule has 0 aliphatic heterocycles. The summed E-state index contributed by atoms with van der Waals surface area (Å²) >= 11 is 0. The number of amides is 1. The lowest BCUT2D eigenvalue weighted by Crippen LogP contribution is -2.38. The third-order valence-corrected chi connectivity index (χ3v) is 6.50. The molecule has 0 spiro atoms. The van der Waals surface area contributed by atoms with Crippen molar-refractivity contribution in [2.24, 2.45) is 12.5 Å². The number of carbonyl (C=O) groups is 1. The average molecular weight is 442 g/mol. The molecule has 1 N–H and O–H groups in total. The summed E-state index contributed by atoms with van der Waals surface area (Å²) in [6.45, 7) is 6.50. The van der Waals surface area contributed by atoms with Gasteiger partial charge in [-0.2, -0.15) is 10.2 Å². The molecule has 168 valence electrons. The second kappa shape index (κ2) is 7.69. The number of nitrogens with zero attached hydrogens (tertiary/aromatic N) is 4. The summed E-state index contributed by atoms with van der Waals surface area (Å²) in [6.07, 6.45) is 3.52. The van der Waals surface area contributed by atoms with Crippen molar-refractivity contribution in [3.63, 3.8) is 0 Å². The second-order valence-electron chi connectivity index (χ2n) is 9.64. The van der Waals surface area contributed by atoms with Crippen LogP contribution in [0.3, 0.4) is 0 Å². The van der Waals surface area contributed by atoms with Crippen LogP contribution in [0.4, 0.5) is 0 Å². The van der Waals surface area contributed by atoms with Gasteiger partial charge in [0.1, 0.15) is 0 Å². The lowest BCUT2D eigenvalue weighted by atomic mass is 9.74. The Morgan fingerprint density at radius 2 is 1.79 bits per heavy atom. The van der Waals surface area contributed by atoms with Crippen LogP contribution in [0.15, 0.2) is 59.5 Å². The quantitative estimate of drug-likeness (QED) is 0.523. The molecule has 1 aliphatic carbocycles. The number of para-hydroxylation sites is 1. The summed E-state index contributed by atoms with van der Waals surface area (Å²) in [5.74, 6) is -0.293. The smallest absolute Gasteiger partial charge is 0.274 e. The third kappa shape index (κ3) is 3.63. The predicted molar refractivity (Wildman–Crippen MR) is 128 cm³/mol. The predicted octanol–water partition coefficient (Wildman–Crippen LogP) is 3.87. The molecule has 0 fully saturated rings. The van der Waals surface area contributed by atoms with Crippen LogP contribution < -0.4 is 10.9 Å². The van der Waals surface area contributed by atoms with Gasteiger partial charge in [0.25, 0.3) is 11.5 Å². The Morgan fingerprint density at radius 1 is 1.09 bits per heavy atom. The Bertz CT molecular complexity index is 1450. The first-order valence-corrected chi connectivity index (χ1v) is 11.1. The van der Waals surface area contributed by atoms with Crippen LogP contribution in [0.5, 0.6) is 0 Å². The van der Waals surface area contributed by atoms with E-state index in [9.17, 15) is 9.59 Å². The van der Waals surface area contributed by atoms with Gasteiger partial charge in [-0.3, -0.25) is 9.59 Å². The highest BCUT2D eigenvalue weighted by molar-refractivity contribution is 6.04. The van der Waals surface area contributed by atoms with Crippen LogP contribution >= 0.6 is 0 Å². The summed E-state index contributed by atoms with van der Waals surface area (Å²) in [5.41, 5.74) is 4.35. The molecular formula is C26H27N5O2. The van der Waals surface area contributed by atoms with E-state index >= 15 is 0 Å². The summed E-state index contributed by atoms with van der Waals surface area (Å²) < 4.78 is 3.23. The number of benzene rings is 2. The van der Waals surface area contributed by atoms with E-state index in [2.05, 4.69) is 43.3 Å². The van der Waals surface area contributed by atoms with Gasteiger partial charge in [0.05, 0.1) is 29.0 Å². The van der Waals surface area contributed by atoms with Crippen molar-refractivity contribution in [2.45, 2.75) is 39.7 Å². The zero-order chi connectivity index (χ0) is 23.3. The molecule has 1 amide bonds. The molecule has 33 heavy (non-hydrogen) atoms. The monoisotopic (exact) mass is 441 g/mol. The number of hydrogen-bond acceptors (Lipinski definition) is 4. The third-order valence-electron chi connectivity index (χ3n) is 6.50. The fourth-order valence-corrected chi connectivity index (χ4v) is 4.87. The van der Waals surface area contributed by atoms with Crippen LogP contribution in [-0.2, 0) is 13.5 Å². The highest BCUT2D eigenvalue weighted by Gasteiger charge is 2.36. The Kier molecular flexibility index (Phi) is 4.92. The average Bonchev–Trinajstić information content (AvgIpc) is 3.19. The van der Waals surface area contributed by atoms with Gasteiger partial charge in [-0.15, -0.1) is 0 Å². The number of aromatic nitrogens is 4. The van der Waals surface area contributed by atoms with Gasteiger partial charge in [-0.25, -0.2) is 9.36 Å². The standard InChI is InChI=1S/C26H27N5O2/c1-16-9-5-8-12-21(16)31-22-14-26(2,3)13-20(19(22)15-27-31)28-24(32)23-17-10-6-7-11-18(17)25(33)30(4)29-23/h5-12,15,20H,13-14H2,1-4H3,(H,28,32)/t20-/m0/s1. The molecule has 0 unspecified atom stereocenters. The Morgan fingerprint density at radius 3 is 2.55 bits per heavy atom. The highest BCUT2D eigenvalue weighted by atomic mass is 16.2. The van der Waals surface area contributed by atoms with Gasteiger partial charge >= 0.3 is 0 Å². The maximum absolute atomic E-state index is 13.4. The van der Waals surface area contributed by atoms with Crippen molar-refractivity contribution in [1.82, 2.24) is 24.9 Å². The summed E-state index contributed by atoms with van der Waals surface area (Å²) in [7, 11) is 1.57. The molecule has 1 atom stereocenters. The van der Waals surface area contributed by atoms with Crippen molar-refractivity contribution in [3.8, 4) is 5.69 Å². The number of rotatable bonds is 3. The van der Waals surface area contributed by atoms with E-state index < -0.39 is 0 Å².